The Morgan fingerprint density at radius 3 is 2.96 bits per heavy atom. The number of ether oxygens (including phenoxy) is 1. The molecule has 0 bridgehead atoms. The number of fused-ring (bicyclic) bond motifs is 3. The first-order valence-electron chi connectivity index (χ1n) is 7.72. The predicted molar refractivity (Wildman–Crippen MR) is 94.6 cm³/mol. The third kappa shape index (κ3) is 2.78. The summed E-state index contributed by atoms with van der Waals surface area (Å²) >= 11 is 6.01. The molecule has 3 aromatic heterocycles. The van der Waals surface area contributed by atoms with E-state index in [-0.39, 0.29) is 17.8 Å². The Hall–Kier alpha value is -3.33. The van der Waals surface area contributed by atoms with Crippen molar-refractivity contribution < 1.29 is 9.53 Å². The Kier molecular flexibility index (Phi) is 4.05. The van der Waals surface area contributed by atoms with Crippen LogP contribution >= 0.6 is 11.6 Å². The molecule has 0 aliphatic heterocycles. The molecule has 0 amide bonds. The summed E-state index contributed by atoms with van der Waals surface area (Å²) in [6.07, 6.45) is 2.76. The minimum Gasteiger partial charge on any atom is -0.462 e. The van der Waals surface area contributed by atoms with E-state index in [4.69, 9.17) is 16.3 Å². The maximum Gasteiger partial charge on any atom is 0.343 e. The Morgan fingerprint density at radius 1 is 1.27 bits per heavy atom. The maximum atomic E-state index is 12.0. The average Bonchev–Trinajstić information content (AvgIpc) is 3.07. The molecule has 0 saturated carbocycles. The molecule has 0 atom stereocenters. The number of benzene rings is 1. The van der Waals surface area contributed by atoms with Gasteiger partial charge in [0, 0.05) is 10.7 Å². The molecule has 4 rings (SSSR count). The number of nitrogens with zero attached hydrogens (tertiary/aromatic N) is 6. The topological polar surface area (TPSA) is 107 Å². The number of carbonyl (C=O) groups excluding carboxylic acids is 1. The molecule has 9 nitrogen and oxygen atoms in total. The number of halogens is 1. The van der Waals surface area contributed by atoms with Crippen molar-refractivity contribution in [2.75, 3.05) is 11.9 Å². The lowest BCUT2D eigenvalue weighted by atomic mass is 10.3. The highest BCUT2D eigenvalue weighted by molar-refractivity contribution is 6.30. The molecule has 0 unspecified atom stereocenters. The molecule has 0 saturated heterocycles. The highest BCUT2D eigenvalue weighted by Gasteiger charge is 2.19. The summed E-state index contributed by atoms with van der Waals surface area (Å²) in [4.78, 5) is 20.4. The molecule has 1 aromatic carbocycles. The molecule has 1 N–H and O–H groups in total. The fourth-order valence-electron chi connectivity index (χ4n) is 2.45. The number of esters is 1. The molecule has 0 fully saturated rings. The van der Waals surface area contributed by atoms with Crippen LogP contribution in [-0.4, -0.2) is 42.4 Å². The van der Waals surface area contributed by atoms with Crippen molar-refractivity contribution in [1.82, 2.24) is 29.8 Å². The number of rotatable bonds is 4. The Balaban J connectivity index is 1.82. The van der Waals surface area contributed by atoms with Crippen molar-refractivity contribution in [3.8, 4) is 0 Å². The van der Waals surface area contributed by atoms with Gasteiger partial charge in [0.2, 0.25) is 0 Å². The zero-order valence-electron chi connectivity index (χ0n) is 13.5. The second-order valence-electron chi connectivity index (χ2n) is 5.24. The minimum absolute atomic E-state index is 0.226. The van der Waals surface area contributed by atoms with Gasteiger partial charge in [-0.2, -0.15) is 9.61 Å². The molecular weight excluding hydrogens is 358 g/mol. The lowest BCUT2D eigenvalue weighted by Gasteiger charge is -2.08. The minimum atomic E-state index is -0.512. The van der Waals surface area contributed by atoms with Gasteiger partial charge in [-0.3, -0.25) is 0 Å². The Labute approximate surface area is 152 Å². The molecule has 26 heavy (non-hydrogen) atoms. The second kappa shape index (κ2) is 6.52. The van der Waals surface area contributed by atoms with Gasteiger partial charge in [-0.15, -0.1) is 10.2 Å². The molecule has 0 aliphatic rings. The summed E-state index contributed by atoms with van der Waals surface area (Å²) in [5.41, 5.74) is 2.04. The van der Waals surface area contributed by atoms with Crippen molar-refractivity contribution in [3.63, 3.8) is 0 Å². The fraction of sp³-hybridized carbons (Fsp3) is 0.125. The predicted octanol–water partition coefficient (Wildman–Crippen LogP) is 2.64. The van der Waals surface area contributed by atoms with E-state index in [0.29, 0.717) is 22.0 Å². The summed E-state index contributed by atoms with van der Waals surface area (Å²) in [7, 11) is 0. The van der Waals surface area contributed by atoms with Gasteiger partial charge < -0.3 is 10.1 Å². The van der Waals surface area contributed by atoms with E-state index in [1.807, 2.05) is 12.1 Å². The molecule has 3 heterocycles. The zero-order valence-corrected chi connectivity index (χ0v) is 14.3. The molecule has 10 heteroatoms. The zero-order chi connectivity index (χ0) is 18.1. The van der Waals surface area contributed by atoms with Gasteiger partial charge in [0.05, 0.1) is 12.8 Å². The van der Waals surface area contributed by atoms with Crippen LogP contribution in [-0.2, 0) is 4.74 Å². The Morgan fingerprint density at radius 2 is 2.15 bits per heavy atom. The van der Waals surface area contributed by atoms with E-state index >= 15 is 0 Å². The average molecular weight is 370 g/mol. The third-order valence-corrected chi connectivity index (χ3v) is 3.81. The monoisotopic (exact) mass is 369 g/mol. The van der Waals surface area contributed by atoms with Crippen molar-refractivity contribution in [2.24, 2.45) is 0 Å². The number of aromatic nitrogens is 6. The molecule has 0 radical (unpaired) electrons. The summed E-state index contributed by atoms with van der Waals surface area (Å²) in [6, 6.07) is 7.19. The summed E-state index contributed by atoms with van der Waals surface area (Å²) in [5, 5.41) is 16.2. The lowest BCUT2D eigenvalue weighted by molar-refractivity contribution is 0.0528. The number of anilines is 2. The first-order valence-corrected chi connectivity index (χ1v) is 8.10. The largest absolute Gasteiger partial charge is 0.462 e. The van der Waals surface area contributed by atoms with Crippen molar-refractivity contribution in [2.45, 2.75) is 6.92 Å². The first kappa shape index (κ1) is 16.2. The normalized spacial score (nSPS) is 11.0. The van der Waals surface area contributed by atoms with E-state index in [2.05, 4.69) is 30.6 Å². The number of hydrogen-bond donors (Lipinski definition) is 1. The van der Waals surface area contributed by atoms with E-state index < -0.39 is 5.97 Å². The number of hydrogen-bond acceptors (Lipinski definition) is 8. The van der Waals surface area contributed by atoms with Crippen LogP contribution in [0.5, 0.6) is 0 Å². The summed E-state index contributed by atoms with van der Waals surface area (Å²) in [6.45, 7) is 1.98. The van der Waals surface area contributed by atoms with Crippen molar-refractivity contribution in [1.29, 1.82) is 0 Å². The molecule has 130 valence electrons. The van der Waals surface area contributed by atoms with Gasteiger partial charge in [0.15, 0.2) is 22.6 Å². The lowest BCUT2D eigenvalue weighted by Crippen LogP contribution is -2.07. The van der Waals surface area contributed by atoms with Crippen LogP contribution in [0, 0.1) is 0 Å². The van der Waals surface area contributed by atoms with Crippen LogP contribution in [0.2, 0.25) is 5.02 Å². The van der Waals surface area contributed by atoms with Crippen LogP contribution in [0.3, 0.4) is 0 Å². The third-order valence-electron chi connectivity index (χ3n) is 3.57. The van der Waals surface area contributed by atoms with E-state index in [1.165, 1.54) is 17.0 Å². The van der Waals surface area contributed by atoms with Gasteiger partial charge in [0.25, 0.3) is 0 Å². The molecule has 0 spiro atoms. The van der Waals surface area contributed by atoms with E-state index in [9.17, 15) is 4.79 Å². The van der Waals surface area contributed by atoms with Gasteiger partial charge in [-0.25, -0.2) is 14.8 Å². The second-order valence-corrected chi connectivity index (χ2v) is 5.68. The van der Waals surface area contributed by atoms with Crippen LogP contribution in [0.1, 0.15) is 17.3 Å². The van der Waals surface area contributed by atoms with Crippen molar-refractivity contribution in [3.05, 3.63) is 47.4 Å². The summed E-state index contributed by atoms with van der Waals surface area (Å²) in [5.74, 6) is -0.0673. The highest BCUT2D eigenvalue weighted by Crippen LogP contribution is 2.23. The number of nitrogens with one attached hydrogen (secondary N) is 1. The van der Waals surface area contributed by atoms with E-state index in [1.54, 1.807) is 19.1 Å². The van der Waals surface area contributed by atoms with Gasteiger partial charge >= 0.3 is 5.97 Å². The SMILES string of the molecule is CCOC(=O)c1cnn2c1nnc1c(Nc3cccc(Cl)c3)ncnc12. The van der Waals surface area contributed by atoms with Crippen LogP contribution in [0.25, 0.3) is 16.8 Å². The van der Waals surface area contributed by atoms with Crippen LogP contribution < -0.4 is 5.32 Å². The first-order chi connectivity index (χ1) is 12.7. The smallest absolute Gasteiger partial charge is 0.343 e. The maximum absolute atomic E-state index is 12.0. The van der Waals surface area contributed by atoms with Gasteiger partial charge in [0.1, 0.15) is 11.9 Å². The molecule has 4 aromatic rings. The van der Waals surface area contributed by atoms with Crippen LogP contribution in [0.15, 0.2) is 36.8 Å². The fourth-order valence-corrected chi connectivity index (χ4v) is 2.64. The van der Waals surface area contributed by atoms with Crippen molar-refractivity contribution >= 4 is 45.9 Å². The molecular formula is C16H12ClN7O2. The van der Waals surface area contributed by atoms with Crippen LogP contribution in [0.4, 0.5) is 11.5 Å². The summed E-state index contributed by atoms with van der Waals surface area (Å²) < 4.78 is 6.43. The van der Waals surface area contributed by atoms with E-state index in [0.717, 1.165) is 5.69 Å². The standard InChI is InChI=1S/C16H12ClN7O2/c1-2-26-16(25)11-7-20-24-14(11)23-22-12-13(18-8-19-15(12)24)21-10-5-3-4-9(17)6-10/h3-8H,2H2,1H3,(H,18,19,21). The van der Waals surface area contributed by atoms with Gasteiger partial charge in [-0.1, -0.05) is 17.7 Å². The van der Waals surface area contributed by atoms with Gasteiger partial charge in [-0.05, 0) is 25.1 Å². The highest BCUT2D eigenvalue weighted by atomic mass is 35.5. The molecule has 0 aliphatic carbocycles. The number of carbonyl (C=O) groups is 1. The quantitative estimate of drug-likeness (QED) is 0.547. The Bertz CT molecular complexity index is 1130.